The predicted molar refractivity (Wildman–Crippen MR) is 87.6 cm³/mol. The fourth-order valence-corrected chi connectivity index (χ4v) is 4.11. The SMILES string of the molecule is OC1CCCC1C1CCCN1CCOc1ccc(Br)cc1. The monoisotopic (exact) mass is 353 g/mol. The molecule has 0 amide bonds. The van der Waals surface area contributed by atoms with Gasteiger partial charge in [-0.2, -0.15) is 0 Å². The van der Waals surface area contributed by atoms with Gasteiger partial charge in [0.25, 0.3) is 0 Å². The lowest BCUT2D eigenvalue weighted by atomic mass is 9.94. The highest BCUT2D eigenvalue weighted by Gasteiger charge is 2.37. The molecule has 1 aliphatic carbocycles. The van der Waals surface area contributed by atoms with Crippen molar-refractivity contribution in [2.24, 2.45) is 5.92 Å². The van der Waals surface area contributed by atoms with Gasteiger partial charge in [-0.15, -0.1) is 0 Å². The summed E-state index contributed by atoms with van der Waals surface area (Å²) >= 11 is 3.43. The average Bonchev–Trinajstić information content (AvgIpc) is 3.09. The van der Waals surface area contributed by atoms with Crippen molar-refractivity contribution in [3.8, 4) is 5.75 Å². The Morgan fingerprint density at radius 2 is 1.95 bits per heavy atom. The fraction of sp³-hybridized carbons (Fsp3) is 0.647. The van der Waals surface area contributed by atoms with Crippen LogP contribution in [0.2, 0.25) is 0 Å². The van der Waals surface area contributed by atoms with Crippen molar-refractivity contribution < 1.29 is 9.84 Å². The van der Waals surface area contributed by atoms with Gasteiger partial charge in [-0.1, -0.05) is 22.4 Å². The summed E-state index contributed by atoms with van der Waals surface area (Å²) in [6.45, 7) is 2.84. The van der Waals surface area contributed by atoms with Crippen LogP contribution >= 0.6 is 15.9 Å². The van der Waals surface area contributed by atoms with Crippen LogP contribution in [0.1, 0.15) is 32.1 Å². The maximum Gasteiger partial charge on any atom is 0.119 e. The lowest BCUT2D eigenvalue weighted by Crippen LogP contribution is -2.40. The van der Waals surface area contributed by atoms with E-state index in [-0.39, 0.29) is 6.10 Å². The first-order valence-corrected chi connectivity index (χ1v) is 8.84. The van der Waals surface area contributed by atoms with Gasteiger partial charge in [0.05, 0.1) is 6.10 Å². The summed E-state index contributed by atoms with van der Waals surface area (Å²) in [5, 5.41) is 10.1. The third-order valence-electron chi connectivity index (χ3n) is 4.90. The van der Waals surface area contributed by atoms with Gasteiger partial charge in [-0.05, 0) is 56.5 Å². The van der Waals surface area contributed by atoms with Crippen molar-refractivity contribution in [3.05, 3.63) is 28.7 Å². The molecule has 3 atom stereocenters. The second-order valence-corrected chi connectivity index (χ2v) is 7.13. The minimum atomic E-state index is -0.0806. The third-order valence-corrected chi connectivity index (χ3v) is 5.43. The molecule has 0 bridgehead atoms. The number of aliphatic hydroxyl groups excluding tert-OH is 1. The van der Waals surface area contributed by atoms with E-state index in [0.29, 0.717) is 12.0 Å². The Labute approximate surface area is 135 Å². The molecule has 1 aromatic carbocycles. The number of hydrogen-bond acceptors (Lipinski definition) is 3. The number of ether oxygens (including phenoxy) is 1. The summed E-state index contributed by atoms with van der Waals surface area (Å²) in [4.78, 5) is 2.53. The summed E-state index contributed by atoms with van der Waals surface area (Å²) in [6, 6.07) is 8.56. The minimum Gasteiger partial charge on any atom is -0.492 e. The molecule has 1 saturated carbocycles. The predicted octanol–water partition coefficient (Wildman–Crippen LogP) is 3.45. The molecule has 116 valence electrons. The number of hydrogen-bond donors (Lipinski definition) is 1. The van der Waals surface area contributed by atoms with Crippen molar-refractivity contribution in [2.75, 3.05) is 19.7 Å². The van der Waals surface area contributed by atoms with Gasteiger partial charge < -0.3 is 9.84 Å². The molecule has 3 nitrogen and oxygen atoms in total. The fourth-order valence-electron chi connectivity index (χ4n) is 3.84. The Morgan fingerprint density at radius 1 is 1.14 bits per heavy atom. The molecular weight excluding hydrogens is 330 g/mol. The standard InChI is InChI=1S/C17H24BrNO2/c18-13-6-8-14(9-7-13)21-12-11-19-10-2-4-16(19)15-3-1-5-17(15)20/h6-9,15-17,20H,1-5,10-12H2. The zero-order chi connectivity index (χ0) is 14.7. The maximum absolute atomic E-state index is 10.1. The van der Waals surface area contributed by atoms with Crippen LogP contribution in [0.3, 0.4) is 0 Å². The number of aliphatic hydroxyl groups is 1. The van der Waals surface area contributed by atoms with Crippen molar-refractivity contribution in [2.45, 2.75) is 44.2 Å². The van der Waals surface area contributed by atoms with E-state index in [1.807, 2.05) is 24.3 Å². The number of nitrogens with zero attached hydrogens (tertiary/aromatic N) is 1. The lowest BCUT2D eigenvalue weighted by Gasteiger charge is -2.31. The van der Waals surface area contributed by atoms with E-state index in [1.54, 1.807) is 0 Å². The Kier molecular flexibility index (Phi) is 5.19. The second-order valence-electron chi connectivity index (χ2n) is 6.21. The molecule has 0 aromatic heterocycles. The molecule has 1 heterocycles. The summed E-state index contributed by atoms with van der Waals surface area (Å²) in [7, 11) is 0. The smallest absolute Gasteiger partial charge is 0.119 e. The number of rotatable bonds is 5. The Morgan fingerprint density at radius 3 is 2.67 bits per heavy atom. The normalized spacial score (nSPS) is 29.9. The topological polar surface area (TPSA) is 32.7 Å². The quantitative estimate of drug-likeness (QED) is 0.879. The van der Waals surface area contributed by atoms with Crippen molar-refractivity contribution in [1.82, 2.24) is 4.90 Å². The van der Waals surface area contributed by atoms with E-state index in [1.165, 1.54) is 25.7 Å². The van der Waals surface area contributed by atoms with Crippen molar-refractivity contribution in [3.63, 3.8) is 0 Å². The molecule has 1 aliphatic heterocycles. The third kappa shape index (κ3) is 3.79. The molecule has 0 spiro atoms. The van der Waals surface area contributed by atoms with E-state index in [0.717, 1.165) is 36.3 Å². The van der Waals surface area contributed by atoms with Gasteiger partial charge in [-0.25, -0.2) is 0 Å². The molecular formula is C17H24BrNO2. The number of likely N-dealkylation sites (tertiary alicyclic amines) is 1. The number of halogens is 1. The molecule has 1 saturated heterocycles. The Hall–Kier alpha value is -0.580. The molecule has 4 heteroatoms. The first-order chi connectivity index (χ1) is 10.2. The zero-order valence-corrected chi connectivity index (χ0v) is 14.0. The van der Waals surface area contributed by atoms with E-state index < -0.39 is 0 Å². The minimum absolute atomic E-state index is 0.0806. The Bertz CT molecular complexity index is 451. The lowest BCUT2D eigenvalue weighted by molar-refractivity contribution is 0.0690. The van der Waals surface area contributed by atoms with Gasteiger partial charge in [0.2, 0.25) is 0 Å². The average molecular weight is 354 g/mol. The summed E-state index contributed by atoms with van der Waals surface area (Å²) in [5.41, 5.74) is 0. The van der Waals surface area contributed by atoms with Crippen LogP contribution in [0.4, 0.5) is 0 Å². The summed E-state index contributed by atoms with van der Waals surface area (Å²) < 4.78 is 6.91. The van der Waals surface area contributed by atoms with Crippen molar-refractivity contribution >= 4 is 15.9 Å². The van der Waals surface area contributed by atoms with Crippen LogP contribution in [-0.4, -0.2) is 41.8 Å². The van der Waals surface area contributed by atoms with Crippen LogP contribution in [0.25, 0.3) is 0 Å². The molecule has 21 heavy (non-hydrogen) atoms. The molecule has 1 N–H and O–H groups in total. The first-order valence-electron chi connectivity index (χ1n) is 8.04. The van der Waals surface area contributed by atoms with Gasteiger partial charge in [0.15, 0.2) is 0 Å². The van der Waals surface area contributed by atoms with E-state index in [2.05, 4.69) is 20.8 Å². The highest BCUT2D eigenvalue weighted by atomic mass is 79.9. The molecule has 2 fully saturated rings. The summed E-state index contributed by atoms with van der Waals surface area (Å²) in [5.74, 6) is 1.41. The first kappa shape index (κ1) is 15.3. The molecule has 3 unspecified atom stereocenters. The van der Waals surface area contributed by atoms with Crippen LogP contribution in [-0.2, 0) is 0 Å². The van der Waals surface area contributed by atoms with E-state index >= 15 is 0 Å². The van der Waals surface area contributed by atoms with Crippen LogP contribution in [0.15, 0.2) is 28.7 Å². The van der Waals surface area contributed by atoms with Crippen LogP contribution in [0, 0.1) is 5.92 Å². The second kappa shape index (κ2) is 7.12. The van der Waals surface area contributed by atoms with Crippen LogP contribution in [0.5, 0.6) is 5.75 Å². The van der Waals surface area contributed by atoms with E-state index in [9.17, 15) is 5.11 Å². The van der Waals surface area contributed by atoms with Gasteiger partial charge in [-0.3, -0.25) is 4.90 Å². The zero-order valence-electron chi connectivity index (χ0n) is 12.4. The molecule has 3 rings (SSSR count). The van der Waals surface area contributed by atoms with Gasteiger partial charge in [0.1, 0.15) is 12.4 Å². The molecule has 0 radical (unpaired) electrons. The molecule has 1 aromatic rings. The van der Waals surface area contributed by atoms with Crippen molar-refractivity contribution in [1.29, 1.82) is 0 Å². The number of benzene rings is 1. The Balaban J connectivity index is 1.49. The van der Waals surface area contributed by atoms with Gasteiger partial charge in [0, 0.05) is 23.0 Å². The largest absolute Gasteiger partial charge is 0.492 e. The highest BCUT2D eigenvalue weighted by molar-refractivity contribution is 9.10. The highest BCUT2D eigenvalue weighted by Crippen LogP contribution is 2.35. The van der Waals surface area contributed by atoms with Crippen LogP contribution < -0.4 is 4.74 Å². The maximum atomic E-state index is 10.1. The molecule has 2 aliphatic rings. The summed E-state index contributed by atoms with van der Waals surface area (Å²) in [6.07, 6.45) is 5.78. The van der Waals surface area contributed by atoms with Gasteiger partial charge >= 0.3 is 0 Å². The van der Waals surface area contributed by atoms with E-state index in [4.69, 9.17) is 4.74 Å².